The first-order valence-corrected chi connectivity index (χ1v) is 9.60. The summed E-state index contributed by atoms with van der Waals surface area (Å²) in [7, 11) is 3.50. The van der Waals surface area contributed by atoms with E-state index in [0.717, 1.165) is 48.8 Å². The van der Waals surface area contributed by atoms with Gasteiger partial charge in [0.1, 0.15) is 17.3 Å². The fourth-order valence-corrected chi connectivity index (χ4v) is 4.71. The average Bonchev–Trinajstić information content (AvgIpc) is 3.48. The Balaban J connectivity index is 1.46. The first-order chi connectivity index (χ1) is 13.6. The van der Waals surface area contributed by atoms with Crippen molar-refractivity contribution >= 4 is 5.91 Å². The van der Waals surface area contributed by atoms with Crippen molar-refractivity contribution in [2.24, 2.45) is 7.05 Å². The van der Waals surface area contributed by atoms with Crippen molar-refractivity contribution < 1.29 is 9.53 Å². The monoisotopic (exact) mass is 377 g/mol. The van der Waals surface area contributed by atoms with E-state index in [1.54, 1.807) is 31.1 Å². The second-order valence-corrected chi connectivity index (χ2v) is 7.67. The predicted octanol–water partition coefficient (Wildman–Crippen LogP) is 2.48. The molecule has 3 aromatic rings. The summed E-state index contributed by atoms with van der Waals surface area (Å²) < 4.78 is 9.49. The highest BCUT2D eigenvalue weighted by Crippen LogP contribution is 2.45. The predicted molar refractivity (Wildman–Crippen MR) is 104 cm³/mol. The number of carbonyl (C=O) groups is 1. The van der Waals surface area contributed by atoms with Crippen LogP contribution in [0.15, 0.2) is 42.7 Å². The Morgan fingerprint density at radius 1 is 1.18 bits per heavy atom. The minimum atomic E-state index is -0.0610. The minimum absolute atomic E-state index is 0.0480. The van der Waals surface area contributed by atoms with E-state index in [1.165, 1.54) is 0 Å². The van der Waals surface area contributed by atoms with Gasteiger partial charge in [0, 0.05) is 43.9 Å². The summed E-state index contributed by atoms with van der Waals surface area (Å²) in [6, 6.07) is 9.82. The van der Waals surface area contributed by atoms with Crippen LogP contribution < -0.4 is 4.74 Å². The maximum atomic E-state index is 12.9. The van der Waals surface area contributed by atoms with Gasteiger partial charge in [0.2, 0.25) is 0 Å². The Morgan fingerprint density at radius 2 is 2.00 bits per heavy atom. The van der Waals surface area contributed by atoms with Gasteiger partial charge in [-0.2, -0.15) is 5.10 Å². The van der Waals surface area contributed by atoms with E-state index in [-0.39, 0.29) is 11.3 Å². The molecular formula is C21H23N5O2. The van der Waals surface area contributed by atoms with Crippen LogP contribution in [0.3, 0.4) is 0 Å². The lowest BCUT2D eigenvalue weighted by atomic mass is 9.85. The van der Waals surface area contributed by atoms with Gasteiger partial charge in [0.25, 0.3) is 5.91 Å². The van der Waals surface area contributed by atoms with E-state index >= 15 is 0 Å². The molecule has 0 bridgehead atoms. The van der Waals surface area contributed by atoms with Crippen molar-refractivity contribution in [2.75, 3.05) is 20.2 Å². The van der Waals surface area contributed by atoms with Crippen LogP contribution in [0.1, 0.15) is 29.2 Å². The minimum Gasteiger partial charge on any atom is -0.496 e. The fourth-order valence-electron chi connectivity index (χ4n) is 4.71. The lowest BCUT2D eigenvalue weighted by molar-refractivity contribution is 0.0772. The van der Waals surface area contributed by atoms with E-state index in [0.29, 0.717) is 12.2 Å². The number of benzene rings is 1. The number of fused-ring (bicyclic) bond motifs is 2. The number of aryl methyl sites for hydroxylation is 1. The van der Waals surface area contributed by atoms with Crippen LogP contribution in [0.4, 0.5) is 0 Å². The lowest BCUT2D eigenvalue weighted by Gasteiger charge is -2.22. The third-order valence-electron chi connectivity index (χ3n) is 6.21. The van der Waals surface area contributed by atoms with Crippen LogP contribution in [-0.2, 0) is 19.0 Å². The Morgan fingerprint density at radius 3 is 2.79 bits per heavy atom. The molecule has 0 radical (unpaired) electrons. The van der Waals surface area contributed by atoms with Crippen molar-refractivity contribution in [1.29, 1.82) is 0 Å². The van der Waals surface area contributed by atoms with Gasteiger partial charge >= 0.3 is 0 Å². The highest BCUT2D eigenvalue weighted by Gasteiger charge is 2.48. The van der Waals surface area contributed by atoms with E-state index < -0.39 is 0 Å². The van der Waals surface area contributed by atoms with E-state index in [2.05, 4.69) is 15.7 Å². The second-order valence-electron chi connectivity index (χ2n) is 7.67. The van der Waals surface area contributed by atoms with Crippen LogP contribution in [0.5, 0.6) is 5.75 Å². The number of aromatic nitrogens is 4. The number of amides is 1. The average molecular weight is 377 g/mol. The second kappa shape index (κ2) is 6.22. The molecule has 0 saturated carbocycles. The van der Waals surface area contributed by atoms with Gasteiger partial charge < -0.3 is 14.2 Å². The van der Waals surface area contributed by atoms with Crippen molar-refractivity contribution in [3.8, 4) is 17.0 Å². The molecule has 1 atom stereocenters. The molecule has 5 rings (SSSR count). The SMILES string of the molecule is COc1ccccc1-c1cnc2n1CC[C@]21CCN(C(=O)c2ccnn2C)C1. The Hall–Kier alpha value is -3.09. The summed E-state index contributed by atoms with van der Waals surface area (Å²) in [5.74, 6) is 1.99. The number of likely N-dealkylation sites (tertiary alicyclic amines) is 1. The van der Waals surface area contributed by atoms with Crippen molar-refractivity contribution in [1.82, 2.24) is 24.2 Å². The van der Waals surface area contributed by atoms with Crippen molar-refractivity contribution in [3.63, 3.8) is 0 Å². The Kier molecular flexibility index (Phi) is 3.79. The summed E-state index contributed by atoms with van der Waals surface area (Å²) in [4.78, 5) is 19.7. The molecule has 7 nitrogen and oxygen atoms in total. The molecule has 2 aliphatic heterocycles. The molecule has 7 heteroatoms. The first-order valence-electron chi connectivity index (χ1n) is 9.60. The summed E-state index contributed by atoms with van der Waals surface area (Å²) in [5, 5.41) is 4.13. The number of methoxy groups -OCH3 is 1. The van der Waals surface area contributed by atoms with Gasteiger partial charge in [-0.1, -0.05) is 12.1 Å². The fraction of sp³-hybridized carbons (Fsp3) is 0.381. The molecule has 2 aliphatic rings. The zero-order valence-electron chi connectivity index (χ0n) is 16.1. The molecule has 1 spiro atoms. The molecule has 0 aliphatic carbocycles. The molecule has 1 saturated heterocycles. The van der Waals surface area contributed by atoms with E-state index in [4.69, 9.17) is 9.72 Å². The number of ether oxygens (including phenoxy) is 1. The zero-order valence-corrected chi connectivity index (χ0v) is 16.1. The molecular weight excluding hydrogens is 354 g/mol. The zero-order chi connectivity index (χ0) is 19.3. The van der Waals surface area contributed by atoms with Gasteiger partial charge in [-0.15, -0.1) is 0 Å². The van der Waals surface area contributed by atoms with Crippen LogP contribution in [0.25, 0.3) is 11.3 Å². The van der Waals surface area contributed by atoms with E-state index in [1.807, 2.05) is 29.3 Å². The molecule has 0 N–H and O–H groups in total. The van der Waals surface area contributed by atoms with Crippen LogP contribution in [0.2, 0.25) is 0 Å². The topological polar surface area (TPSA) is 65.2 Å². The first kappa shape index (κ1) is 17.0. The lowest BCUT2D eigenvalue weighted by Crippen LogP contribution is -2.34. The molecule has 28 heavy (non-hydrogen) atoms. The molecule has 1 fully saturated rings. The van der Waals surface area contributed by atoms with Crippen molar-refractivity contribution in [3.05, 3.63) is 54.2 Å². The van der Waals surface area contributed by atoms with Gasteiger partial charge in [-0.05, 0) is 31.0 Å². The molecule has 144 valence electrons. The van der Waals surface area contributed by atoms with Crippen LogP contribution >= 0.6 is 0 Å². The Bertz CT molecular complexity index is 1050. The summed E-state index contributed by atoms with van der Waals surface area (Å²) in [6.07, 6.45) is 5.56. The smallest absolute Gasteiger partial charge is 0.272 e. The normalized spacial score (nSPS) is 20.7. The molecule has 2 aromatic heterocycles. The summed E-state index contributed by atoms with van der Waals surface area (Å²) in [5.41, 5.74) is 2.71. The summed E-state index contributed by atoms with van der Waals surface area (Å²) in [6.45, 7) is 2.37. The van der Waals surface area contributed by atoms with Gasteiger partial charge in [-0.25, -0.2) is 4.98 Å². The number of hydrogen-bond acceptors (Lipinski definition) is 4. The van der Waals surface area contributed by atoms with E-state index in [9.17, 15) is 4.79 Å². The highest BCUT2D eigenvalue weighted by atomic mass is 16.5. The highest BCUT2D eigenvalue weighted by molar-refractivity contribution is 5.92. The number of hydrogen-bond donors (Lipinski definition) is 0. The number of para-hydroxylation sites is 1. The van der Waals surface area contributed by atoms with Gasteiger partial charge in [0.05, 0.1) is 19.0 Å². The van der Waals surface area contributed by atoms with Crippen LogP contribution in [-0.4, -0.2) is 50.3 Å². The van der Waals surface area contributed by atoms with Gasteiger partial charge in [0.15, 0.2) is 0 Å². The summed E-state index contributed by atoms with van der Waals surface area (Å²) >= 11 is 0. The molecule has 0 unspecified atom stereocenters. The van der Waals surface area contributed by atoms with Crippen LogP contribution in [0, 0.1) is 0 Å². The molecule has 1 aromatic carbocycles. The number of nitrogens with zero attached hydrogens (tertiary/aromatic N) is 5. The molecule has 1 amide bonds. The maximum absolute atomic E-state index is 12.9. The number of rotatable bonds is 3. The Labute approximate surface area is 163 Å². The third kappa shape index (κ3) is 2.38. The number of imidazole rings is 1. The third-order valence-corrected chi connectivity index (χ3v) is 6.21. The quantitative estimate of drug-likeness (QED) is 0.703. The standard InChI is InChI=1S/C21H23N5O2/c1-24-16(7-10-23-24)19(27)25-11-8-21(14-25)9-12-26-17(13-22-20(21)26)15-5-3-4-6-18(15)28-2/h3-7,10,13H,8-9,11-12,14H2,1-2H3/t21-/m0/s1. The largest absolute Gasteiger partial charge is 0.496 e. The number of carbonyl (C=O) groups excluding carboxylic acids is 1. The van der Waals surface area contributed by atoms with Crippen molar-refractivity contribution in [2.45, 2.75) is 24.8 Å². The van der Waals surface area contributed by atoms with Gasteiger partial charge in [-0.3, -0.25) is 9.48 Å². The molecule has 4 heterocycles. The maximum Gasteiger partial charge on any atom is 0.272 e.